The second-order valence-electron chi connectivity index (χ2n) is 6.26. The molecule has 1 aliphatic heterocycles. The molecule has 3 amide bonds. The van der Waals surface area contributed by atoms with Crippen LogP contribution in [-0.4, -0.2) is 50.4 Å². The third-order valence-corrected chi connectivity index (χ3v) is 4.05. The zero-order chi connectivity index (χ0) is 21.3. The Labute approximate surface area is 173 Å². The van der Waals surface area contributed by atoms with Gasteiger partial charge in [-0.05, 0) is 31.2 Å². The van der Waals surface area contributed by atoms with Crippen LogP contribution in [0.3, 0.4) is 0 Å². The summed E-state index contributed by atoms with van der Waals surface area (Å²) in [7, 11) is 0. The molecule has 0 saturated carbocycles. The van der Waals surface area contributed by atoms with Crippen LogP contribution in [0.2, 0.25) is 0 Å². The summed E-state index contributed by atoms with van der Waals surface area (Å²) in [5, 5.41) is 4.61. The summed E-state index contributed by atoms with van der Waals surface area (Å²) in [5.74, 6) is 0.105. The first-order chi connectivity index (χ1) is 14.6. The molecule has 9 heteroatoms. The highest BCUT2D eigenvalue weighted by Crippen LogP contribution is 2.30. The minimum absolute atomic E-state index is 0.134. The van der Waals surface area contributed by atoms with E-state index < -0.39 is 30.6 Å². The zero-order valence-corrected chi connectivity index (χ0v) is 16.4. The molecule has 1 unspecified atom stereocenters. The van der Waals surface area contributed by atoms with Crippen LogP contribution in [0.15, 0.2) is 48.5 Å². The van der Waals surface area contributed by atoms with Gasteiger partial charge in [0.25, 0.3) is 5.91 Å². The third kappa shape index (κ3) is 5.63. The lowest BCUT2D eigenvalue weighted by Crippen LogP contribution is -2.46. The first-order valence-corrected chi connectivity index (χ1v) is 9.42. The molecule has 2 N–H and O–H groups in total. The fourth-order valence-corrected chi connectivity index (χ4v) is 2.70. The van der Waals surface area contributed by atoms with Crippen LogP contribution >= 0.6 is 0 Å². The van der Waals surface area contributed by atoms with Crippen molar-refractivity contribution in [2.75, 3.05) is 26.4 Å². The van der Waals surface area contributed by atoms with E-state index in [4.69, 9.17) is 18.9 Å². The normalized spacial score (nSPS) is 14.4. The summed E-state index contributed by atoms with van der Waals surface area (Å²) in [5.41, 5.74) is 0.200. The molecule has 3 rings (SSSR count). The molecule has 2 aromatic carbocycles. The van der Waals surface area contributed by atoms with E-state index in [0.29, 0.717) is 23.9 Å². The Balaban J connectivity index is 1.40. The van der Waals surface area contributed by atoms with Crippen LogP contribution in [0.5, 0.6) is 17.2 Å². The van der Waals surface area contributed by atoms with Gasteiger partial charge in [0.2, 0.25) is 0 Å². The Hall–Kier alpha value is -3.75. The highest BCUT2D eigenvalue weighted by molar-refractivity contribution is 5.97. The van der Waals surface area contributed by atoms with Crippen molar-refractivity contribution < 1.29 is 33.3 Å². The van der Waals surface area contributed by atoms with Crippen LogP contribution in [0.4, 0.5) is 4.79 Å². The van der Waals surface area contributed by atoms with Gasteiger partial charge in [0.1, 0.15) is 17.9 Å². The van der Waals surface area contributed by atoms with E-state index in [1.807, 2.05) is 12.1 Å². The standard InChI is InChI=1S/C21H22N2O7/c1-2-27-16-8-4-3-7-15(16)20(25)29-13-19(24)23-21(26)22-11-14-12-28-17-9-5-6-10-18(17)30-14/h3-10,14H,2,11-13H2,1H3,(H2,22,23,24,26). The molecule has 9 nitrogen and oxygen atoms in total. The average Bonchev–Trinajstić information content (AvgIpc) is 2.76. The number of benzene rings is 2. The van der Waals surface area contributed by atoms with Gasteiger partial charge in [-0.1, -0.05) is 24.3 Å². The highest BCUT2D eigenvalue weighted by atomic mass is 16.6. The van der Waals surface area contributed by atoms with Crippen LogP contribution < -0.4 is 24.8 Å². The number of carbonyl (C=O) groups excluding carboxylic acids is 3. The number of ether oxygens (including phenoxy) is 4. The average molecular weight is 414 g/mol. The molecule has 30 heavy (non-hydrogen) atoms. The minimum Gasteiger partial charge on any atom is -0.493 e. The summed E-state index contributed by atoms with van der Waals surface area (Å²) >= 11 is 0. The monoisotopic (exact) mass is 414 g/mol. The smallest absolute Gasteiger partial charge is 0.342 e. The molecule has 0 saturated heterocycles. The molecule has 1 aliphatic rings. The number of urea groups is 1. The molecule has 2 aromatic rings. The number of nitrogens with one attached hydrogen (secondary N) is 2. The van der Waals surface area contributed by atoms with Crippen LogP contribution in [0.1, 0.15) is 17.3 Å². The lowest BCUT2D eigenvalue weighted by molar-refractivity contribution is -0.123. The molecule has 0 aliphatic carbocycles. The van der Waals surface area contributed by atoms with Crippen LogP contribution in [0.25, 0.3) is 0 Å². The van der Waals surface area contributed by atoms with Crippen LogP contribution in [0, 0.1) is 0 Å². The van der Waals surface area contributed by atoms with E-state index in [9.17, 15) is 14.4 Å². The second kappa shape index (κ2) is 10.1. The Morgan fingerprint density at radius 2 is 1.80 bits per heavy atom. The fraction of sp³-hybridized carbons (Fsp3) is 0.286. The molecule has 0 aromatic heterocycles. The van der Waals surface area contributed by atoms with E-state index >= 15 is 0 Å². The van der Waals surface area contributed by atoms with E-state index in [-0.39, 0.29) is 18.7 Å². The predicted octanol–water partition coefficient (Wildman–Crippen LogP) is 1.91. The minimum atomic E-state index is -0.763. The number of imide groups is 1. The van der Waals surface area contributed by atoms with Gasteiger partial charge in [-0.25, -0.2) is 9.59 Å². The van der Waals surface area contributed by atoms with Gasteiger partial charge < -0.3 is 24.3 Å². The molecule has 0 bridgehead atoms. The van der Waals surface area contributed by atoms with Crippen molar-refractivity contribution >= 4 is 17.9 Å². The molecule has 158 valence electrons. The fourth-order valence-electron chi connectivity index (χ4n) is 2.70. The SMILES string of the molecule is CCOc1ccccc1C(=O)OCC(=O)NC(=O)NCC1COc2ccccc2O1. The number of para-hydroxylation sites is 3. The molecule has 0 radical (unpaired) electrons. The maximum absolute atomic E-state index is 12.2. The maximum atomic E-state index is 12.2. The number of amides is 3. The first-order valence-electron chi connectivity index (χ1n) is 9.42. The number of esters is 1. The van der Waals surface area contributed by atoms with Crippen molar-refractivity contribution in [2.24, 2.45) is 0 Å². The van der Waals surface area contributed by atoms with Gasteiger partial charge >= 0.3 is 12.0 Å². The van der Waals surface area contributed by atoms with Gasteiger partial charge in [-0.3, -0.25) is 10.1 Å². The molecular weight excluding hydrogens is 392 g/mol. The molecule has 0 spiro atoms. The van der Waals surface area contributed by atoms with Gasteiger partial charge in [0.05, 0.1) is 13.2 Å². The lowest BCUT2D eigenvalue weighted by Gasteiger charge is -2.26. The highest BCUT2D eigenvalue weighted by Gasteiger charge is 2.21. The van der Waals surface area contributed by atoms with E-state index in [1.54, 1.807) is 37.3 Å². The molecular formula is C21H22N2O7. The predicted molar refractivity (Wildman–Crippen MR) is 106 cm³/mol. The van der Waals surface area contributed by atoms with E-state index in [1.165, 1.54) is 6.07 Å². The summed E-state index contributed by atoms with van der Waals surface area (Å²) in [6.07, 6.45) is -0.395. The molecule has 0 fully saturated rings. The van der Waals surface area contributed by atoms with Crippen molar-refractivity contribution in [1.82, 2.24) is 10.6 Å². The van der Waals surface area contributed by atoms with Gasteiger partial charge in [0, 0.05) is 0 Å². The lowest BCUT2D eigenvalue weighted by atomic mass is 10.2. The number of carbonyl (C=O) groups is 3. The zero-order valence-electron chi connectivity index (χ0n) is 16.4. The topological polar surface area (TPSA) is 112 Å². The summed E-state index contributed by atoms with van der Waals surface area (Å²) in [6, 6.07) is 13.0. The van der Waals surface area contributed by atoms with Crippen LogP contribution in [-0.2, 0) is 9.53 Å². The van der Waals surface area contributed by atoms with E-state index in [2.05, 4.69) is 10.6 Å². The maximum Gasteiger partial charge on any atom is 0.342 e. The summed E-state index contributed by atoms with van der Waals surface area (Å²) in [6.45, 7) is 1.96. The Kier molecular flexibility index (Phi) is 7.09. The van der Waals surface area contributed by atoms with Crippen molar-refractivity contribution in [3.8, 4) is 17.2 Å². The van der Waals surface area contributed by atoms with Crippen molar-refractivity contribution in [3.05, 3.63) is 54.1 Å². The van der Waals surface area contributed by atoms with Crippen molar-refractivity contribution in [1.29, 1.82) is 0 Å². The van der Waals surface area contributed by atoms with Gasteiger partial charge in [-0.15, -0.1) is 0 Å². The third-order valence-electron chi connectivity index (χ3n) is 4.05. The molecule has 1 atom stereocenters. The van der Waals surface area contributed by atoms with Crippen molar-refractivity contribution in [3.63, 3.8) is 0 Å². The quantitative estimate of drug-likeness (QED) is 0.666. The Morgan fingerprint density at radius 1 is 1.07 bits per heavy atom. The Bertz CT molecular complexity index is 916. The van der Waals surface area contributed by atoms with Crippen molar-refractivity contribution in [2.45, 2.75) is 13.0 Å². The Morgan fingerprint density at radius 3 is 2.60 bits per heavy atom. The number of hydrogen-bond acceptors (Lipinski definition) is 7. The number of hydrogen-bond donors (Lipinski definition) is 2. The molecule has 1 heterocycles. The van der Waals surface area contributed by atoms with Gasteiger partial charge in [0.15, 0.2) is 24.2 Å². The second-order valence-corrected chi connectivity index (χ2v) is 6.26. The number of fused-ring (bicyclic) bond motifs is 1. The largest absolute Gasteiger partial charge is 0.493 e. The summed E-state index contributed by atoms with van der Waals surface area (Å²) < 4.78 is 21.6. The number of rotatable bonds is 7. The van der Waals surface area contributed by atoms with E-state index in [0.717, 1.165) is 0 Å². The summed E-state index contributed by atoms with van der Waals surface area (Å²) in [4.78, 5) is 35.9. The van der Waals surface area contributed by atoms with Gasteiger partial charge in [-0.2, -0.15) is 0 Å². The first kappa shape index (κ1) is 21.0.